The molecule has 3 aliphatic rings. The van der Waals surface area contributed by atoms with Crippen LogP contribution in [-0.4, -0.2) is 55.3 Å². The van der Waals surface area contributed by atoms with E-state index >= 15 is 0 Å². The second-order valence-corrected chi connectivity index (χ2v) is 7.74. The van der Waals surface area contributed by atoms with E-state index in [1.807, 2.05) is 18.2 Å². The SMILES string of the molecule is CN(C)C(=O)c1ccc2c(c1)C1(CCN(CC3CC3)CC1)C(=O)N2. The van der Waals surface area contributed by atoms with E-state index in [1.165, 1.54) is 19.4 Å². The molecular weight excluding hydrogens is 302 g/mol. The molecule has 0 bridgehead atoms. The van der Waals surface area contributed by atoms with Crippen molar-refractivity contribution in [3.63, 3.8) is 0 Å². The van der Waals surface area contributed by atoms with Crippen molar-refractivity contribution in [2.24, 2.45) is 5.92 Å². The third-order valence-corrected chi connectivity index (χ3v) is 5.79. The molecule has 2 amide bonds. The molecule has 2 heterocycles. The largest absolute Gasteiger partial charge is 0.345 e. The first kappa shape index (κ1) is 15.6. The van der Waals surface area contributed by atoms with Crippen LogP contribution >= 0.6 is 0 Å². The van der Waals surface area contributed by atoms with Gasteiger partial charge in [-0.15, -0.1) is 0 Å². The predicted octanol–water partition coefficient (Wildman–Crippen LogP) is 2.08. The summed E-state index contributed by atoms with van der Waals surface area (Å²) in [5.74, 6) is 0.976. The molecule has 1 aromatic rings. The summed E-state index contributed by atoms with van der Waals surface area (Å²) < 4.78 is 0. The van der Waals surface area contributed by atoms with Crippen LogP contribution in [0.3, 0.4) is 0 Å². The number of hydrogen-bond donors (Lipinski definition) is 1. The molecule has 5 heteroatoms. The highest BCUT2D eigenvalue weighted by molar-refractivity contribution is 6.07. The lowest BCUT2D eigenvalue weighted by Crippen LogP contribution is -2.47. The van der Waals surface area contributed by atoms with Crippen LogP contribution in [-0.2, 0) is 10.2 Å². The molecule has 4 rings (SSSR count). The van der Waals surface area contributed by atoms with Gasteiger partial charge in [0.15, 0.2) is 0 Å². The van der Waals surface area contributed by atoms with Gasteiger partial charge in [0.05, 0.1) is 5.41 Å². The zero-order valence-corrected chi connectivity index (χ0v) is 14.5. The van der Waals surface area contributed by atoms with Gasteiger partial charge in [0, 0.05) is 31.9 Å². The average Bonchev–Trinajstić information content (AvgIpc) is 3.35. The van der Waals surface area contributed by atoms with Crippen LogP contribution in [0.15, 0.2) is 18.2 Å². The van der Waals surface area contributed by atoms with Gasteiger partial charge >= 0.3 is 0 Å². The molecular formula is C19H25N3O2. The molecule has 1 aromatic carbocycles. The van der Waals surface area contributed by atoms with Gasteiger partial charge in [0.2, 0.25) is 5.91 Å². The summed E-state index contributed by atoms with van der Waals surface area (Å²) in [4.78, 5) is 29.1. The van der Waals surface area contributed by atoms with E-state index in [0.717, 1.165) is 43.1 Å². The molecule has 128 valence electrons. The van der Waals surface area contributed by atoms with Crippen LogP contribution in [0.2, 0.25) is 0 Å². The summed E-state index contributed by atoms with van der Waals surface area (Å²) in [5, 5.41) is 3.04. The first-order valence-electron chi connectivity index (χ1n) is 8.89. The maximum Gasteiger partial charge on any atom is 0.253 e. The zero-order valence-electron chi connectivity index (χ0n) is 14.5. The van der Waals surface area contributed by atoms with Gasteiger partial charge in [-0.05, 0) is 68.5 Å². The first-order valence-corrected chi connectivity index (χ1v) is 8.89. The number of nitrogens with one attached hydrogen (secondary N) is 1. The van der Waals surface area contributed by atoms with Crippen molar-refractivity contribution >= 4 is 17.5 Å². The Morgan fingerprint density at radius 3 is 2.62 bits per heavy atom. The maximum absolute atomic E-state index is 12.7. The summed E-state index contributed by atoms with van der Waals surface area (Å²) in [7, 11) is 3.51. The predicted molar refractivity (Wildman–Crippen MR) is 93.2 cm³/mol. The highest BCUT2D eigenvalue weighted by atomic mass is 16.2. The van der Waals surface area contributed by atoms with Crippen LogP contribution < -0.4 is 5.32 Å². The van der Waals surface area contributed by atoms with Gasteiger partial charge in [-0.25, -0.2) is 0 Å². The number of rotatable bonds is 3. The minimum atomic E-state index is -0.446. The molecule has 1 saturated heterocycles. The van der Waals surface area contributed by atoms with Crippen molar-refractivity contribution < 1.29 is 9.59 Å². The number of carbonyl (C=O) groups excluding carboxylic acids is 2. The summed E-state index contributed by atoms with van der Waals surface area (Å²) in [6, 6.07) is 5.63. The van der Waals surface area contributed by atoms with Crippen molar-refractivity contribution in [1.82, 2.24) is 9.80 Å². The Balaban J connectivity index is 1.60. The smallest absolute Gasteiger partial charge is 0.253 e. The van der Waals surface area contributed by atoms with E-state index in [-0.39, 0.29) is 11.8 Å². The Morgan fingerprint density at radius 1 is 1.29 bits per heavy atom. The molecule has 2 fully saturated rings. The lowest BCUT2D eigenvalue weighted by Gasteiger charge is -2.38. The average molecular weight is 327 g/mol. The summed E-state index contributed by atoms with van der Waals surface area (Å²) >= 11 is 0. The van der Waals surface area contributed by atoms with Crippen LogP contribution in [0.1, 0.15) is 41.6 Å². The quantitative estimate of drug-likeness (QED) is 0.925. The number of hydrogen-bond acceptors (Lipinski definition) is 3. The molecule has 0 aromatic heterocycles. The van der Waals surface area contributed by atoms with Crippen molar-refractivity contribution in [2.45, 2.75) is 31.1 Å². The van der Waals surface area contributed by atoms with Gasteiger partial charge in [0.25, 0.3) is 5.91 Å². The lowest BCUT2D eigenvalue weighted by atomic mass is 9.73. The topological polar surface area (TPSA) is 52.7 Å². The van der Waals surface area contributed by atoms with Gasteiger partial charge in [0.1, 0.15) is 0 Å². The number of amides is 2. The molecule has 2 aliphatic heterocycles. The summed E-state index contributed by atoms with van der Waals surface area (Å²) in [6.45, 7) is 3.12. The maximum atomic E-state index is 12.7. The van der Waals surface area contributed by atoms with Gasteiger partial charge in [-0.3, -0.25) is 9.59 Å². The monoisotopic (exact) mass is 327 g/mol. The number of benzene rings is 1. The molecule has 5 nitrogen and oxygen atoms in total. The minimum Gasteiger partial charge on any atom is -0.345 e. The Kier molecular flexibility index (Phi) is 3.64. The van der Waals surface area contributed by atoms with Gasteiger partial charge < -0.3 is 15.1 Å². The lowest BCUT2D eigenvalue weighted by molar-refractivity contribution is -0.122. The normalized spacial score (nSPS) is 22.3. The van der Waals surface area contributed by atoms with Gasteiger partial charge in [-0.2, -0.15) is 0 Å². The fourth-order valence-corrected chi connectivity index (χ4v) is 4.08. The Morgan fingerprint density at radius 2 is 2.00 bits per heavy atom. The van der Waals surface area contributed by atoms with Crippen LogP contribution in [0, 0.1) is 5.92 Å². The Labute approximate surface area is 143 Å². The van der Waals surface area contributed by atoms with Crippen molar-refractivity contribution in [1.29, 1.82) is 0 Å². The number of carbonyl (C=O) groups is 2. The minimum absolute atomic E-state index is 0.0153. The third-order valence-electron chi connectivity index (χ3n) is 5.79. The molecule has 0 radical (unpaired) electrons. The second kappa shape index (κ2) is 5.59. The van der Waals surface area contributed by atoms with E-state index in [1.54, 1.807) is 19.0 Å². The molecule has 1 spiro atoms. The molecule has 24 heavy (non-hydrogen) atoms. The Hall–Kier alpha value is -1.88. The van der Waals surface area contributed by atoms with E-state index in [2.05, 4.69) is 10.2 Å². The fourth-order valence-electron chi connectivity index (χ4n) is 4.08. The number of likely N-dealkylation sites (tertiary alicyclic amines) is 1. The molecule has 1 saturated carbocycles. The van der Waals surface area contributed by atoms with Crippen LogP contribution in [0.4, 0.5) is 5.69 Å². The number of anilines is 1. The third kappa shape index (κ3) is 2.51. The van der Waals surface area contributed by atoms with E-state index in [9.17, 15) is 9.59 Å². The molecule has 1 aliphatic carbocycles. The number of piperidine rings is 1. The fraction of sp³-hybridized carbons (Fsp3) is 0.579. The van der Waals surface area contributed by atoms with Crippen molar-refractivity contribution in [3.05, 3.63) is 29.3 Å². The van der Waals surface area contributed by atoms with Crippen LogP contribution in [0.25, 0.3) is 0 Å². The number of fused-ring (bicyclic) bond motifs is 2. The molecule has 0 atom stereocenters. The standard InChI is InChI=1S/C19H25N3O2/c1-21(2)17(23)14-5-6-16-15(11-14)19(18(24)20-16)7-9-22(10-8-19)12-13-3-4-13/h5-6,11,13H,3-4,7-10,12H2,1-2H3,(H,20,24). The van der Waals surface area contributed by atoms with Gasteiger partial charge in [-0.1, -0.05) is 0 Å². The van der Waals surface area contributed by atoms with Crippen molar-refractivity contribution in [2.75, 3.05) is 39.0 Å². The molecule has 0 unspecified atom stereocenters. The highest BCUT2D eigenvalue weighted by Crippen LogP contribution is 2.45. The highest BCUT2D eigenvalue weighted by Gasteiger charge is 2.48. The van der Waals surface area contributed by atoms with Crippen LogP contribution in [0.5, 0.6) is 0 Å². The summed E-state index contributed by atoms with van der Waals surface area (Å²) in [5.41, 5.74) is 2.12. The zero-order chi connectivity index (χ0) is 16.9. The first-order chi connectivity index (χ1) is 11.5. The van der Waals surface area contributed by atoms with Crippen molar-refractivity contribution in [3.8, 4) is 0 Å². The van der Waals surface area contributed by atoms with E-state index in [4.69, 9.17) is 0 Å². The summed E-state index contributed by atoms with van der Waals surface area (Å²) in [6.07, 6.45) is 4.41. The molecule has 1 N–H and O–H groups in total. The number of nitrogens with zero attached hydrogens (tertiary/aromatic N) is 2. The van der Waals surface area contributed by atoms with E-state index < -0.39 is 5.41 Å². The Bertz CT molecular complexity index is 686. The second-order valence-electron chi connectivity index (χ2n) is 7.74. The van der Waals surface area contributed by atoms with E-state index in [0.29, 0.717) is 5.56 Å².